The fourth-order valence-electron chi connectivity index (χ4n) is 2.45. The van der Waals surface area contributed by atoms with Gasteiger partial charge < -0.3 is 19.8 Å². The van der Waals surface area contributed by atoms with Crippen molar-refractivity contribution in [2.24, 2.45) is 0 Å². The third kappa shape index (κ3) is 6.43. The summed E-state index contributed by atoms with van der Waals surface area (Å²) in [6.45, 7) is 2.34. The van der Waals surface area contributed by atoms with Gasteiger partial charge in [-0.15, -0.1) is 10.2 Å². The van der Waals surface area contributed by atoms with Crippen molar-refractivity contribution >= 4 is 40.9 Å². The first-order chi connectivity index (χ1) is 15.0. The Labute approximate surface area is 186 Å². The van der Waals surface area contributed by atoms with Gasteiger partial charge in [0.15, 0.2) is 0 Å². The molecular formula is C20H18ClFN4O4S. The van der Waals surface area contributed by atoms with Crippen molar-refractivity contribution in [3.05, 3.63) is 64.8 Å². The summed E-state index contributed by atoms with van der Waals surface area (Å²) in [4.78, 5) is 24.2. The zero-order valence-corrected chi connectivity index (χ0v) is 17.9. The second kappa shape index (κ2) is 10.8. The van der Waals surface area contributed by atoms with E-state index in [-0.39, 0.29) is 39.9 Å². The number of aromatic nitrogens is 2. The zero-order chi connectivity index (χ0) is 22.2. The summed E-state index contributed by atoms with van der Waals surface area (Å²) in [7, 11) is 0. The van der Waals surface area contributed by atoms with Gasteiger partial charge >= 0.3 is 0 Å². The van der Waals surface area contributed by atoms with Gasteiger partial charge in [-0.2, -0.15) is 0 Å². The highest BCUT2D eigenvalue weighted by Crippen LogP contribution is 2.20. The van der Waals surface area contributed by atoms with Crippen LogP contribution in [0.25, 0.3) is 0 Å². The van der Waals surface area contributed by atoms with Crippen molar-refractivity contribution in [2.45, 2.75) is 18.7 Å². The van der Waals surface area contributed by atoms with E-state index in [1.54, 1.807) is 24.3 Å². The fraction of sp³-hybridized carbons (Fsp3) is 0.200. The van der Waals surface area contributed by atoms with Crippen LogP contribution < -0.4 is 15.4 Å². The molecule has 0 unspecified atom stereocenters. The standard InChI is InChI=1S/C20H18ClFN4O4S/c1-2-29-13-8-6-12(7-9-13)24-16(27)11-31-20-26-25-17(30-20)10-23-19(28)18-14(21)4-3-5-15(18)22/h3-9H,2,10-11H2,1H3,(H,23,28)(H,24,27). The van der Waals surface area contributed by atoms with Crippen molar-refractivity contribution < 1.29 is 23.1 Å². The monoisotopic (exact) mass is 464 g/mol. The van der Waals surface area contributed by atoms with Crippen LogP contribution in [0.3, 0.4) is 0 Å². The van der Waals surface area contributed by atoms with E-state index in [1.807, 2.05) is 6.92 Å². The Hall–Kier alpha value is -3.11. The van der Waals surface area contributed by atoms with E-state index in [2.05, 4.69) is 20.8 Å². The topological polar surface area (TPSA) is 106 Å². The summed E-state index contributed by atoms with van der Waals surface area (Å²) in [5.74, 6) is -0.814. The highest BCUT2D eigenvalue weighted by molar-refractivity contribution is 7.99. The maximum absolute atomic E-state index is 13.8. The minimum atomic E-state index is -0.731. The van der Waals surface area contributed by atoms with Gasteiger partial charge in [0.2, 0.25) is 11.8 Å². The molecule has 3 rings (SSSR count). The van der Waals surface area contributed by atoms with Crippen LogP contribution in [0.4, 0.5) is 10.1 Å². The van der Waals surface area contributed by atoms with Gasteiger partial charge in [0.25, 0.3) is 11.1 Å². The van der Waals surface area contributed by atoms with Crippen LogP contribution in [-0.2, 0) is 11.3 Å². The van der Waals surface area contributed by atoms with E-state index >= 15 is 0 Å². The molecule has 11 heteroatoms. The molecule has 0 saturated carbocycles. The molecule has 0 aliphatic rings. The van der Waals surface area contributed by atoms with Gasteiger partial charge in [-0.25, -0.2) is 4.39 Å². The van der Waals surface area contributed by atoms with E-state index in [1.165, 1.54) is 12.1 Å². The van der Waals surface area contributed by atoms with Gasteiger partial charge in [-0.3, -0.25) is 9.59 Å². The maximum Gasteiger partial charge on any atom is 0.277 e. The summed E-state index contributed by atoms with van der Waals surface area (Å²) in [6.07, 6.45) is 0. The van der Waals surface area contributed by atoms with Crippen LogP contribution in [0, 0.1) is 5.82 Å². The zero-order valence-electron chi connectivity index (χ0n) is 16.4. The molecule has 0 atom stereocenters. The molecule has 0 bridgehead atoms. The molecule has 0 fully saturated rings. The lowest BCUT2D eigenvalue weighted by Crippen LogP contribution is -2.24. The molecule has 0 aliphatic heterocycles. The lowest BCUT2D eigenvalue weighted by atomic mass is 10.2. The molecule has 0 radical (unpaired) electrons. The van der Waals surface area contributed by atoms with Gasteiger partial charge in [0.1, 0.15) is 11.6 Å². The second-order valence-corrected chi connectivity index (χ2v) is 7.37. The number of carbonyl (C=O) groups excluding carboxylic acids is 2. The number of anilines is 1. The van der Waals surface area contributed by atoms with E-state index in [4.69, 9.17) is 20.8 Å². The number of nitrogens with zero attached hydrogens (tertiary/aromatic N) is 2. The van der Waals surface area contributed by atoms with Crippen molar-refractivity contribution in [1.29, 1.82) is 0 Å². The van der Waals surface area contributed by atoms with E-state index < -0.39 is 11.7 Å². The van der Waals surface area contributed by atoms with Crippen molar-refractivity contribution in [1.82, 2.24) is 15.5 Å². The Kier molecular flexibility index (Phi) is 7.85. The first-order valence-electron chi connectivity index (χ1n) is 9.16. The van der Waals surface area contributed by atoms with Crippen molar-refractivity contribution in [2.75, 3.05) is 17.7 Å². The van der Waals surface area contributed by atoms with E-state index in [9.17, 15) is 14.0 Å². The first kappa shape index (κ1) is 22.6. The quantitative estimate of drug-likeness (QED) is 0.462. The summed E-state index contributed by atoms with van der Waals surface area (Å²) in [5, 5.41) is 13.0. The smallest absolute Gasteiger partial charge is 0.277 e. The molecule has 1 aromatic heterocycles. The van der Waals surface area contributed by atoms with Crippen LogP contribution in [0.1, 0.15) is 23.2 Å². The maximum atomic E-state index is 13.8. The van der Waals surface area contributed by atoms with Crippen molar-refractivity contribution in [3.63, 3.8) is 0 Å². The van der Waals surface area contributed by atoms with Gasteiger partial charge in [0, 0.05) is 5.69 Å². The summed E-state index contributed by atoms with van der Waals surface area (Å²) < 4.78 is 24.5. The molecule has 31 heavy (non-hydrogen) atoms. The highest BCUT2D eigenvalue weighted by Gasteiger charge is 2.17. The van der Waals surface area contributed by atoms with Crippen LogP contribution in [0.2, 0.25) is 5.02 Å². The third-order valence-electron chi connectivity index (χ3n) is 3.81. The van der Waals surface area contributed by atoms with E-state index in [0.717, 1.165) is 23.6 Å². The summed E-state index contributed by atoms with van der Waals surface area (Å²) in [6, 6.07) is 11.0. The average Bonchev–Trinajstić information content (AvgIpc) is 3.20. The normalized spacial score (nSPS) is 10.5. The molecule has 8 nitrogen and oxygen atoms in total. The average molecular weight is 465 g/mol. The highest BCUT2D eigenvalue weighted by atomic mass is 35.5. The Morgan fingerprint density at radius 1 is 1.19 bits per heavy atom. The van der Waals surface area contributed by atoms with Gasteiger partial charge in [-0.05, 0) is 43.3 Å². The summed E-state index contributed by atoms with van der Waals surface area (Å²) >= 11 is 6.91. The Balaban J connectivity index is 1.46. The third-order valence-corrected chi connectivity index (χ3v) is 4.95. The van der Waals surface area contributed by atoms with Crippen LogP contribution in [-0.4, -0.2) is 34.4 Å². The Morgan fingerprint density at radius 2 is 1.97 bits per heavy atom. The summed E-state index contributed by atoms with van der Waals surface area (Å²) in [5.41, 5.74) is 0.374. The van der Waals surface area contributed by atoms with Crippen LogP contribution in [0.15, 0.2) is 52.1 Å². The lowest BCUT2D eigenvalue weighted by molar-refractivity contribution is -0.113. The molecule has 0 aliphatic carbocycles. The fourth-order valence-corrected chi connectivity index (χ4v) is 3.28. The SMILES string of the molecule is CCOc1ccc(NC(=O)CSc2nnc(CNC(=O)c3c(F)cccc3Cl)o2)cc1. The number of benzene rings is 2. The molecule has 1 heterocycles. The van der Waals surface area contributed by atoms with Gasteiger partial charge in [-0.1, -0.05) is 29.4 Å². The second-order valence-electron chi connectivity index (χ2n) is 6.04. The number of rotatable bonds is 9. The number of ether oxygens (including phenoxy) is 1. The Morgan fingerprint density at radius 3 is 2.68 bits per heavy atom. The van der Waals surface area contributed by atoms with Gasteiger partial charge in [0.05, 0.1) is 29.5 Å². The van der Waals surface area contributed by atoms with E-state index in [0.29, 0.717) is 12.3 Å². The number of carbonyl (C=O) groups is 2. The molecule has 162 valence electrons. The predicted octanol–water partition coefficient (Wildman–Crippen LogP) is 3.92. The minimum absolute atomic E-state index is 0.00202. The molecule has 0 saturated heterocycles. The number of nitrogens with one attached hydrogen (secondary N) is 2. The molecule has 2 N–H and O–H groups in total. The van der Waals surface area contributed by atoms with Crippen LogP contribution in [0.5, 0.6) is 5.75 Å². The Bertz CT molecular complexity index is 1040. The first-order valence-corrected chi connectivity index (χ1v) is 10.5. The lowest BCUT2D eigenvalue weighted by Gasteiger charge is -2.06. The largest absolute Gasteiger partial charge is 0.494 e. The van der Waals surface area contributed by atoms with Crippen molar-refractivity contribution in [3.8, 4) is 5.75 Å². The number of amides is 2. The predicted molar refractivity (Wildman–Crippen MR) is 114 cm³/mol. The number of hydrogen-bond donors (Lipinski definition) is 2. The molecular weight excluding hydrogens is 447 g/mol. The number of thioether (sulfide) groups is 1. The minimum Gasteiger partial charge on any atom is -0.494 e. The number of halogens is 2. The van der Waals surface area contributed by atoms with Crippen LogP contribution >= 0.6 is 23.4 Å². The molecule has 2 aromatic carbocycles. The number of hydrogen-bond acceptors (Lipinski definition) is 7. The molecule has 0 spiro atoms. The molecule has 3 aromatic rings. The molecule has 2 amide bonds.